The minimum atomic E-state index is -4.16. The van der Waals surface area contributed by atoms with Crippen LogP contribution in [0.4, 0.5) is 0 Å². The summed E-state index contributed by atoms with van der Waals surface area (Å²) >= 11 is 0. The number of rotatable bonds is 3. The quantitative estimate of drug-likeness (QED) is 0.411. The number of nitrogens with two attached hydrogens (primary N) is 1. The standard InChI is InChI=1S/C6H11NO2.CH4O4S/c1-3-4-5(2)6(8)9-7;1-5-6(2,3)4/h4H,3,7H2,1-2H3;1H3,(H,2,3,4). The van der Waals surface area contributed by atoms with Crippen LogP contribution in [0.5, 0.6) is 0 Å². The Hall–Kier alpha value is -0.960. The van der Waals surface area contributed by atoms with Crippen LogP contribution in [0.15, 0.2) is 11.6 Å². The van der Waals surface area contributed by atoms with Crippen molar-refractivity contribution in [1.29, 1.82) is 0 Å². The molecule has 3 N–H and O–H groups in total. The number of hydrogen-bond acceptors (Lipinski definition) is 6. The van der Waals surface area contributed by atoms with Gasteiger partial charge < -0.3 is 4.84 Å². The molecule has 0 bridgehead atoms. The normalized spacial score (nSPS) is 11.4. The number of allylic oxidation sites excluding steroid dienone is 1. The number of hydrogen-bond donors (Lipinski definition) is 2. The van der Waals surface area contributed by atoms with Gasteiger partial charge in [-0.3, -0.25) is 8.74 Å². The molecule has 0 aliphatic carbocycles. The van der Waals surface area contributed by atoms with Gasteiger partial charge in [-0.25, -0.2) is 4.79 Å². The molecule has 0 saturated heterocycles. The molecule has 0 unspecified atom stereocenters. The van der Waals surface area contributed by atoms with Crippen LogP contribution < -0.4 is 5.90 Å². The largest absolute Gasteiger partial charge is 0.397 e. The molecule has 0 atom stereocenters. The summed E-state index contributed by atoms with van der Waals surface area (Å²) in [7, 11) is -3.29. The summed E-state index contributed by atoms with van der Waals surface area (Å²) in [6.07, 6.45) is 2.58. The van der Waals surface area contributed by atoms with Crippen molar-refractivity contribution < 1.29 is 26.8 Å². The molecule has 15 heavy (non-hydrogen) atoms. The highest BCUT2D eigenvalue weighted by molar-refractivity contribution is 7.80. The van der Waals surface area contributed by atoms with Crippen LogP contribution in [-0.4, -0.2) is 26.0 Å². The fourth-order valence-electron chi connectivity index (χ4n) is 0.482. The van der Waals surface area contributed by atoms with E-state index in [2.05, 4.69) is 14.9 Å². The average molecular weight is 241 g/mol. The molecular weight excluding hydrogens is 226 g/mol. The Morgan fingerprint density at radius 1 is 1.53 bits per heavy atom. The van der Waals surface area contributed by atoms with Crippen molar-refractivity contribution in [3.05, 3.63) is 11.6 Å². The molecule has 0 aliphatic heterocycles. The second kappa shape index (κ2) is 8.36. The number of carbonyl (C=O) groups is 1. The zero-order valence-corrected chi connectivity index (χ0v) is 9.58. The minimum absolute atomic E-state index is 0.461. The van der Waals surface area contributed by atoms with E-state index in [-0.39, 0.29) is 0 Å². The molecule has 0 radical (unpaired) electrons. The van der Waals surface area contributed by atoms with Gasteiger partial charge in [0.15, 0.2) is 0 Å². The number of carbonyl (C=O) groups excluding carboxylic acids is 1. The lowest BCUT2D eigenvalue weighted by molar-refractivity contribution is -0.139. The van der Waals surface area contributed by atoms with Crippen molar-refractivity contribution in [2.45, 2.75) is 20.3 Å². The maximum Gasteiger partial charge on any atom is 0.397 e. The van der Waals surface area contributed by atoms with E-state index in [0.29, 0.717) is 5.57 Å². The predicted octanol–water partition coefficient (Wildman–Crippen LogP) is 0.195. The molecule has 0 aromatic rings. The molecule has 0 aliphatic rings. The van der Waals surface area contributed by atoms with Gasteiger partial charge in [-0.15, -0.1) is 0 Å². The van der Waals surface area contributed by atoms with Crippen LogP contribution in [-0.2, 0) is 24.2 Å². The molecule has 0 aromatic carbocycles. The molecule has 7 nitrogen and oxygen atoms in total. The van der Waals surface area contributed by atoms with Gasteiger partial charge in [-0.05, 0) is 13.3 Å². The first-order valence-electron chi connectivity index (χ1n) is 3.89. The van der Waals surface area contributed by atoms with Gasteiger partial charge in [0.05, 0.1) is 7.11 Å². The molecule has 0 aromatic heterocycles. The lowest BCUT2D eigenvalue weighted by Crippen LogP contribution is -2.10. The third-order valence-corrected chi connectivity index (χ3v) is 1.57. The van der Waals surface area contributed by atoms with Crippen LogP contribution in [0.25, 0.3) is 0 Å². The third-order valence-electron chi connectivity index (χ3n) is 1.15. The molecule has 0 rings (SSSR count). The minimum Gasteiger partial charge on any atom is -0.370 e. The van der Waals surface area contributed by atoms with Gasteiger partial charge in [-0.1, -0.05) is 13.0 Å². The van der Waals surface area contributed by atoms with E-state index in [4.69, 9.17) is 4.55 Å². The Kier molecular flexibility index (Phi) is 9.18. The molecule has 0 saturated carbocycles. The third kappa shape index (κ3) is 13.0. The van der Waals surface area contributed by atoms with E-state index < -0.39 is 16.4 Å². The summed E-state index contributed by atoms with van der Waals surface area (Å²) in [5.74, 6) is 4.15. The lowest BCUT2D eigenvalue weighted by Gasteiger charge is -1.94. The summed E-state index contributed by atoms with van der Waals surface area (Å²) in [6, 6.07) is 0. The Bertz CT molecular complexity index is 307. The van der Waals surface area contributed by atoms with E-state index in [9.17, 15) is 13.2 Å². The van der Waals surface area contributed by atoms with Crippen LogP contribution in [0, 0.1) is 0 Å². The Morgan fingerprint density at radius 3 is 2.13 bits per heavy atom. The second-order valence-electron chi connectivity index (χ2n) is 2.30. The SMILES string of the molecule is CCC=C(C)C(=O)ON.COS(=O)(=O)O. The molecule has 0 spiro atoms. The van der Waals surface area contributed by atoms with Gasteiger partial charge in [0.25, 0.3) is 0 Å². The fourth-order valence-corrected chi connectivity index (χ4v) is 0.482. The van der Waals surface area contributed by atoms with E-state index in [1.54, 1.807) is 13.0 Å². The van der Waals surface area contributed by atoms with Gasteiger partial charge >= 0.3 is 16.4 Å². The van der Waals surface area contributed by atoms with Crippen molar-refractivity contribution in [2.75, 3.05) is 7.11 Å². The summed E-state index contributed by atoms with van der Waals surface area (Å²) in [5.41, 5.74) is 0.556. The maximum absolute atomic E-state index is 10.5. The Balaban J connectivity index is 0. The zero-order chi connectivity index (χ0) is 12.5. The van der Waals surface area contributed by atoms with Crippen molar-refractivity contribution in [3.8, 4) is 0 Å². The summed E-state index contributed by atoms with van der Waals surface area (Å²) in [6.45, 7) is 3.60. The smallest absolute Gasteiger partial charge is 0.370 e. The highest BCUT2D eigenvalue weighted by Gasteiger charge is 2.00. The van der Waals surface area contributed by atoms with Crippen molar-refractivity contribution in [2.24, 2.45) is 5.90 Å². The molecule has 90 valence electrons. The summed E-state index contributed by atoms with van der Waals surface area (Å²) in [5, 5.41) is 0. The maximum atomic E-state index is 10.5. The predicted molar refractivity (Wildman–Crippen MR) is 52.9 cm³/mol. The fraction of sp³-hybridized carbons (Fsp3) is 0.571. The lowest BCUT2D eigenvalue weighted by atomic mass is 10.2. The van der Waals surface area contributed by atoms with E-state index >= 15 is 0 Å². The zero-order valence-electron chi connectivity index (χ0n) is 8.76. The molecule has 0 fully saturated rings. The second-order valence-corrected chi connectivity index (χ2v) is 3.48. The molecule has 8 heteroatoms. The van der Waals surface area contributed by atoms with Crippen LogP contribution in [0.3, 0.4) is 0 Å². The topological polar surface area (TPSA) is 116 Å². The van der Waals surface area contributed by atoms with E-state index in [1.165, 1.54) is 0 Å². The average Bonchev–Trinajstić information content (AvgIpc) is 2.17. The first kappa shape index (κ1) is 16.5. The van der Waals surface area contributed by atoms with Crippen molar-refractivity contribution in [1.82, 2.24) is 0 Å². The van der Waals surface area contributed by atoms with Crippen molar-refractivity contribution >= 4 is 16.4 Å². The van der Waals surface area contributed by atoms with Gasteiger partial charge in [0, 0.05) is 5.57 Å². The Labute approximate surface area is 88.8 Å². The van der Waals surface area contributed by atoms with Crippen molar-refractivity contribution in [3.63, 3.8) is 0 Å². The monoisotopic (exact) mass is 241 g/mol. The van der Waals surface area contributed by atoms with Gasteiger partial charge in [0.2, 0.25) is 0 Å². The highest BCUT2D eigenvalue weighted by Crippen LogP contribution is 1.95. The van der Waals surface area contributed by atoms with E-state index in [0.717, 1.165) is 13.5 Å². The molecule has 0 heterocycles. The van der Waals surface area contributed by atoms with Gasteiger partial charge in [-0.2, -0.15) is 14.3 Å². The van der Waals surface area contributed by atoms with E-state index in [1.807, 2.05) is 6.92 Å². The first-order chi connectivity index (χ1) is 6.78. The van der Waals surface area contributed by atoms with Crippen LogP contribution >= 0.6 is 0 Å². The van der Waals surface area contributed by atoms with Crippen LogP contribution in [0.2, 0.25) is 0 Å². The summed E-state index contributed by atoms with van der Waals surface area (Å²) in [4.78, 5) is 14.4. The first-order valence-corrected chi connectivity index (χ1v) is 5.25. The van der Waals surface area contributed by atoms with Gasteiger partial charge in [0.1, 0.15) is 0 Å². The summed E-state index contributed by atoms with van der Waals surface area (Å²) < 4.78 is 29.7. The highest BCUT2D eigenvalue weighted by atomic mass is 32.3. The Morgan fingerprint density at radius 2 is 1.93 bits per heavy atom. The van der Waals surface area contributed by atoms with Crippen LogP contribution in [0.1, 0.15) is 20.3 Å². The molecular formula is C7H15NO6S. The molecule has 0 amide bonds.